The molecule has 7 heteroatoms. The lowest BCUT2D eigenvalue weighted by molar-refractivity contribution is -0.114. The second-order valence-electron chi connectivity index (χ2n) is 7.77. The molecule has 0 saturated carbocycles. The molecule has 32 heavy (non-hydrogen) atoms. The SMILES string of the molecule is C=CC(=O)Cc1cc(-c2nc(Nc3cccc(N4CCCCC4)c3)ncc2F)ccc1Cl. The molecule has 0 atom stereocenters. The molecule has 1 N–H and O–H groups in total. The molecule has 1 aliphatic heterocycles. The fourth-order valence-corrected chi connectivity index (χ4v) is 3.99. The molecule has 0 spiro atoms. The number of halogens is 2. The van der Waals surface area contributed by atoms with Gasteiger partial charge >= 0.3 is 0 Å². The summed E-state index contributed by atoms with van der Waals surface area (Å²) in [6.07, 6.45) is 6.15. The van der Waals surface area contributed by atoms with E-state index >= 15 is 0 Å². The molecule has 1 saturated heterocycles. The fraction of sp³-hybridized carbons (Fsp3) is 0.240. The summed E-state index contributed by atoms with van der Waals surface area (Å²) < 4.78 is 14.6. The smallest absolute Gasteiger partial charge is 0.227 e. The van der Waals surface area contributed by atoms with Gasteiger partial charge in [0, 0.05) is 41.5 Å². The lowest BCUT2D eigenvalue weighted by Gasteiger charge is -2.29. The number of hydrogen-bond acceptors (Lipinski definition) is 5. The number of carbonyl (C=O) groups is 1. The second-order valence-corrected chi connectivity index (χ2v) is 8.17. The first-order chi connectivity index (χ1) is 15.5. The van der Waals surface area contributed by atoms with Gasteiger partial charge in [-0.05, 0) is 61.2 Å². The maximum Gasteiger partial charge on any atom is 0.227 e. The zero-order valence-corrected chi connectivity index (χ0v) is 18.4. The van der Waals surface area contributed by atoms with Crippen LogP contribution in [-0.2, 0) is 11.2 Å². The van der Waals surface area contributed by atoms with Gasteiger partial charge in [0.2, 0.25) is 5.95 Å². The van der Waals surface area contributed by atoms with Crippen molar-refractivity contribution in [2.75, 3.05) is 23.3 Å². The van der Waals surface area contributed by atoms with Gasteiger partial charge in [0.25, 0.3) is 0 Å². The Hall–Kier alpha value is -3.25. The Labute approximate surface area is 192 Å². The fourth-order valence-electron chi connectivity index (χ4n) is 3.81. The van der Waals surface area contributed by atoms with Crippen LogP contribution < -0.4 is 10.2 Å². The molecule has 1 aliphatic rings. The lowest BCUT2D eigenvalue weighted by Crippen LogP contribution is -2.29. The molecule has 0 amide bonds. The summed E-state index contributed by atoms with van der Waals surface area (Å²) in [4.78, 5) is 22.6. The van der Waals surface area contributed by atoms with Crippen LogP contribution in [0.1, 0.15) is 24.8 Å². The highest BCUT2D eigenvalue weighted by atomic mass is 35.5. The van der Waals surface area contributed by atoms with Crippen LogP contribution in [0.3, 0.4) is 0 Å². The van der Waals surface area contributed by atoms with Gasteiger partial charge in [-0.15, -0.1) is 0 Å². The van der Waals surface area contributed by atoms with E-state index in [0.717, 1.165) is 30.7 Å². The van der Waals surface area contributed by atoms with Crippen LogP contribution in [0.2, 0.25) is 5.02 Å². The third-order valence-electron chi connectivity index (χ3n) is 5.48. The summed E-state index contributed by atoms with van der Waals surface area (Å²) in [6, 6.07) is 13.1. The van der Waals surface area contributed by atoms with Gasteiger partial charge in [-0.25, -0.2) is 14.4 Å². The number of allylic oxidation sites excluding steroid dienone is 1. The summed E-state index contributed by atoms with van der Waals surface area (Å²) in [6.45, 7) is 5.58. The number of benzene rings is 2. The van der Waals surface area contributed by atoms with Crippen molar-refractivity contribution in [2.24, 2.45) is 0 Å². The van der Waals surface area contributed by atoms with E-state index in [1.807, 2.05) is 12.1 Å². The van der Waals surface area contributed by atoms with Gasteiger partial charge in [-0.2, -0.15) is 0 Å². The Morgan fingerprint density at radius 1 is 1.19 bits per heavy atom. The van der Waals surface area contributed by atoms with E-state index in [1.165, 1.54) is 25.3 Å². The van der Waals surface area contributed by atoms with Crippen molar-refractivity contribution in [3.8, 4) is 11.3 Å². The summed E-state index contributed by atoms with van der Waals surface area (Å²) in [5.74, 6) is -0.431. The summed E-state index contributed by atoms with van der Waals surface area (Å²) >= 11 is 6.21. The standard InChI is InChI=1S/C25H24ClFN4O/c1-2-21(32)14-18-13-17(9-10-22(18)26)24-23(27)16-28-25(30-24)29-19-7-6-8-20(15-19)31-11-4-3-5-12-31/h2,6-10,13,15-16H,1,3-5,11-12,14H2,(H,28,29,30). The minimum absolute atomic E-state index is 0.0945. The molecule has 0 bridgehead atoms. The van der Waals surface area contributed by atoms with Crippen LogP contribution in [-0.4, -0.2) is 28.8 Å². The average Bonchev–Trinajstić information content (AvgIpc) is 2.82. The Morgan fingerprint density at radius 2 is 2.00 bits per heavy atom. The Balaban J connectivity index is 1.59. The number of nitrogens with one attached hydrogen (secondary N) is 1. The van der Waals surface area contributed by atoms with Gasteiger partial charge in [0.05, 0.1) is 6.20 Å². The minimum atomic E-state index is -0.555. The molecule has 5 nitrogen and oxygen atoms in total. The highest BCUT2D eigenvalue weighted by Crippen LogP contribution is 2.28. The number of rotatable bonds is 7. The molecule has 2 aromatic carbocycles. The summed E-state index contributed by atoms with van der Waals surface area (Å²) in [5, 5.41) is 3.62. The Morgan fingerprint density at radius 3 is 2.78 bits per heavy atom. The normalized spacial score (nSPS) is 13.6. The molecule has 164 valence electrons. The highest BCUT2D eigenvalue weighted by molar-refractivity contribution is 6.31. The van der Waals surface area contributed by atoms with Crippen molar-refractivity contribution in [3.05, 3.63) is 77.7 Å². The highest BCUT2D eigenvalue weighted by Gasteiger charge is 2.14. The average molecular weight is 451 g/mol. The maximum atomic E-state index is 14.6. The van der Waals surface area contributed by atoms with E-state index in [9.17, 15) is 9.18 Å². The van der Waals surface area contributed by atoms with Crippen LogP contribution in [0.25, 0.3) is 11.3 Å². The van der Waals surface area contributed by atoms with Crippen LogP contribution >= 0.6 is 11.6 Å². The maximum absolute atomic E-state index is 14.6. The number of anilines is 3. The molecular formula is C25H24ClFN4O. The molecule has 2 heterocycles. The third kappa shape index (κ3) is 5.14. The number of carbonyl (C=O) groups excluding carboxylic acids is 1. The van der Waals surface area contributed by atoms with E-state index in [1.54, 1.807) is 18.2 Å². The quantitative estimate of drug-likeness (QED) is 0.449. The van der Waals surface area contributed by atoms with Crippen molar-refractivity contribution in [3.63, 3.8) is 0 Å². The second kappa shape index (κ2) is 9.92. The number of ketones is 1. The van der Waals surface area contributed by atoms with Gasteiger partial charge < -0.3 is 10.2 Å². The van der Waals surface area contributed by atoms with E-state index in [4.69, 9.17) is 11.6 Å². The van der Waals surface area contributed by atoms with Gasteiger partial charge in [-0.3, -0.25) is 4.79 Å². The van der Waals surface area contributed by atoms with Crippen molar-refractivity contribution < 1.29 is 9.18 Å². The number of nitrogens with zero attached hydrogens (tertiary/aromatic N) is 3. The summed E-state index contributed by atoms with van der Waals surface area (Å²) in [5.41, 5.74) is 3.23. The van der Waals surface area contributed by atoms with Crippen molar-refractivity contribution in [1.82, 2.24) is 9.97 Å². The minimum Gasteiger partial charge on any atom is -0.371 e. The predicted molar refractivity (Wildman–Crippen MR) is 127 cm³/mol. The van der Waals surface area contributed by atoms with E-state index < -0.39 is 5.82 Å². The molecule has 3 aromatic rings. The van der Waals surface area contributed by atoms with Crippen LogP contribution in [0.5, 0.6) is 0 Å². The molecular weight excluding hydrogens is 427 g/mol. The molecule has 0 aliphatic carbocycles. The van der Waals surface area contributed by atoms with Crippen molar-refractivity contribution >= 4 is 34.7 Å². The first-order valence-corrected chi connectivity index (χ1v) is 11.0. The first-order valence-electron chi connectivity index (χ1n) is 10.6. The van der Waals surface area contributed by atoms with E-state index in [0.29, 0.717) is 16.1 Å². The van der Waals surface area contributed by atoms with Gasteiger partial charge in [0.15, 0.2) is 11.6 Å². The number of aromatic nitrogens is 2. The Bertz CT molecular complexity index is 1140. The van der Waals surface area contributed by atoms with Crippen molar-refractivity contribution in [1.29, 1.82) is 0 Å². The summed E-state index contributed by atoms with van der Waals surface area (Å²) in [7, 11) is 0. The van der Waals surface area contributed by atoms with Crippen LogP contribution in [0, 0.1) is 5.82 Å². The molecule has 1 fully saturated rings. The molecule has 0 unspecified atom stereocenters. The zero-order valence-electron chi connectivity index (χ0n) is 17.7. The van der Waals surface area contributed by atoms with Gasteiger partial charge in [0.1, 0.15) is 5.69 Å². The van der Waals surface area contributed by atoms with E-state index in [-0.39, 0.29) is 23.8 Å². The number of hydrogen-bond donors (Lipinski definition) is 1. The zero-order chi connectivity index (χ0) is 22.5. The molecule has 1 aromatic heterocycles. The predicted octanol–water partition coefficient (Wildman–Crippen LogP) is 5.97. The van der Waals surface area contributed by atoms with Gasteiger partial charge in [-0.1, -0.05) is 30.3 Å². The van der Waals surface area contributed by atoms with E-state index in [2.05, 4.69) is 38.9 Å². The monoisotopic (exact) mass is 450 g/mol. The van der Waals surface area contributed by atoms with Crippen LogP contribution in [0.15, 0.2) is 61.3 Å². The third-order valence-corrected chi connectivity index (χ3v) is 5.85. The van der Waals surface area contributed by atoms with Crippen molar-refractivity contribution in [2.45, 2.75) is 25.7 Å². The number of piperidine rings is 1. The topological polar surface area (TPSA) is 58.1 Å². The Kier molecular flexibility index (Phi) is 6.81. The largest absolute Gasteiger partial charge is 0.371 e. The molecule has 0 radical (unpaired) electrons. The lowest BCUT2D eigenvalue weighted by atomic mass is 10.0. The molecule has 4 rings (SSSR count). The van der Waals surface area contributed by atoms with Crippen LogP contribution in [0.4, 0.5) is 21.7 Å². The first kappa shape index (κ1) is 22.0.